The number of fused-ring (bicyclic) bond motifs is 1. The fourth-order valence-corrected chi connectivity index (χ4v) is 4.17. The van der Waals surface area contributed by atoms with Crippen molar-refractivity contribution in [3.05, 3.63) is 36.0 Å². The summed E-state index contributed by atoms with van der Waals surface area (Å²) < 4.78 is 0. The van der Waals surface area contributed by atoms with Gasteiger partial charge in [-0.05, 0) is 23.5 Å². The maximum atomic E-state index is 13.1. The Balaban J connectivity index is 2.11. The number of nitrogens with two attached hydrogens (primary N) is 1. The molecule has 3 amide bonds. The van der Waals surface area contributed by atoms with Crippen LogP contribution in [0.4, 0.5) is 0 Å². The Morgan fingerprint density at radius 1 is 0.946 bits per heavy atom. The van der Waals surface area contributed by atoms with Crippen LogP contribution in [0.25, 0.3) is 10.9 Å². The van der Waals surface area contributed by atoms with Gasteiger partial charge in [-0.3, -0.25) is 14.4 Å². The minimum Gasteiger partial charge on any atom is -0.480 e. The number of thiol groups is 1. The number of carbonyl (C=O) groups is 4. The predicted octanol–water partition coefficient (Wildman–Crippen LogP) is 1.60. The van der Waals surface area contributed by atoms with Gasteiger partial charge in [0, 0.05) is 29.3 Å². The Morgan fingerprint density at radius 2 is 1.57 bits per heavy atom. The van der Waals surface area contributed by atoms with E-state index in [0.717, 1.165) is 16.5 Å². The van der Waals surface area contributed by atoms with Crippen LogP contribution < -0.4 is 21.7 Å². The lowest BCUT2D eigenvalue weighted by Gasteiger charge is -2.28. The molecule has 0 bridgehead atoms. The smallest absolute Gasteiger partial charge is 0.326 e. The van der Waals surface area contributed by atoms with Crippen molar-refractivity contribution < 1.29 is 24.3 Å². The second-order valence-electron chi connectivity index (χ2n) is 9.49. The van der Waals surface area contributed by atoms with Crippen LogP contribution in [-0.4, -0.2) is 63.7 Å². The number of carboxylic acids is 1. The molecule has 0 aliphatic rings. The second-order valence-corrected chi connectivity index (χ2v) is 9.86. The molecule has 1 aromatic heterocycles. The molecule has 7 N–H and O–H groups in total. The van der Waals surface area contributed by atoms with Crippen LogP contribution in [0.5, 0.6) is 0 Å². The normalized spacial score (nSPS) is 16.2. The third kappa shape index (κ3) is 7.96. The average molecular weight is 534 g/mol. The molecule has 6 unspecified atom stereocenters. The van der Waals surface area contributed by atoms with Gasteiger partial charge in [-0.25, -0.2) is 4.79 Å². The molecule has 0 aliphatic carbocycles. The highest BCUT2D eigenvalue weighted by atomic mass is 32.1. The quantitative estimate of drug-likeness (QED) is 0.182. The van der Waals surface area contributed by atoms with E-state index in [-0.39, 0.29) is 24.0 Å². The van der Waals surface area contributed by atoms with E-state index in [4.69, 9.17) is 5.73 Å². The molecule has 0 spiro atoms. The van der Waals surface area contributed by atoms with Crippen molar-refractivity contribution in [2.75, 3.05) is 5.75 Å². The average Bonchev–Trinajstić information content (AvgIpc) is 3.30. The molecule has 11 heteroatoms. The summed E-state index contributed by atoms with van der Waals surface area (Å²) in [5, 5.41) is 18.5. The number of nitrogens with one attached hydrogen (secondary N) is 4. The number of rotatable bonds is 14. The lowest BCUT2D eigenvalue weighted by atomic mass is 9.95. The summed E-state index contributed by atoms with van der Waals surface area (Å²) in [6.45, 7) is 7.49. The highest BCUT2D eigenvalue weighted by Crippen LogP contribution is 2.19. The molecule has 1 heterocycles. The zero-order valence-electron chi connectivity index (χ0n) is 21.8. The lowest BCUT2D eigenvalue weighted by Crippen LogP contribution is -2.59. The van der Waals surface area contributed by atoms with Crippen molar-refractivity contribution in [2.24, 2.45) is 17.6 Å². The van der Waals surface area contributed by atoms with Gasteiger partial charge in [0.2, 0.25) is 17.7 Å². The second kappa shape index (κ2) is 14.0. The molecule has 0 aliphatic heterocycles. The maximum absolute atomic E-state index is 13.1. The molecule has 204 valence electrons. The van der Waals surface area contributed by atoms with Gasteiger partial charge in [0.05, 0.1) is 6.04 Å². The summed E-state index contributed by atoms with van der Waals surface area (Å²) in [4.78, 5) is 53.8. The molecule has 0 radical (unpaired) electrons. The van der Waals surface area contributed by atoms with Crippen molar-refractivity contribution >= 4 is 47.2 Å². The number of amides is 3. The predicted molar refractivity (Wildman–Crippen MR) is 146 cm³/mol. The number of aromatic amines is 1. The van der Waals surface area contributed by atoms with Crippen LogP contribution in [0.1, 0.15) is 46.1 Å². The van der Waals surface area contributed by atoms with E-state index >= 15 is 0 Å². The minimum absolute atomic E-state index is 0.0530. The Labute approximate surface area is 222 Å². The Bertz CT molecular complexity index is 1090. The number of benzene rings is 1. The van der Waals surface area contributed by atoms with Crippen molar-refractivity contribution in [2.45, 2.75) is 71.1 Å². The lowest BCUT2D eigenvalue weighted by molar-refractivity contribution is -0.142. The number of aromatic nitrogens is 1. The zero-order valence-corrected chi connectivity index (χ0v) is 22.7. The number of para-hydroxylation sites is 1. The first-order valence-electron chi connectivity index (χ1n) is 12.6. The largest absolute Gasteiger partial charge is 0.480 e. The monoisotopic (exact) mass is 533 g/mol. The standard InChI is InChI=1S/C26H39N5O5S/c1-5-14(3)21(27)24(33)31-22(15(4)6-2)25(34)30-20(13-37)23(32)29-19(26(35)36)11-16-12-28-18-10-8-7-9-17(16)18/h7-10,12,14-15,19-22,28,37H,5-6,11,13,27H2,1-4H3,(H,29,32)(H,30,34)(H,31,33)(H,35,36). The molecule has 2 aromatic rings. The first kappa shape index (κ1) is 30.2. The number of carboxylic acid groups (broad SMARTS) is 1. The first-order chi connectivity index (χ1) is 17.5. The van der Waals surface area contributed by atoms with E-state index in [1.54, 1.807) is 6.20 Å². The van der Waals surface area contributed by atoms with E-state index in [2.05, 4.69) is 33.6 Å². The fourth-order valence-electron chi connectivity index (χ4n) is 3.91. The highest BCUT2D eigenvalue weighted by Gasteiger charge is 2.33. The van der Waals surface area contributed by atoms with Gasteiger partial charge >= 0.3 is 5.97 Å². The summed E-state index contributed by atoms with van der Waals surface area (Å²) in [7, 11) is 0. The number of hydrogen-bond donors (Lipinski definition) is 7. The summed E-state index contributed by atoms with van der Waals surface area (Å²) in [5.41, 5.74) is 7.64. The first-order valence-corrected chi connectivity index (χ1v) is 13.2. The minimum atomic E-state index is -1.22. The van der Waals surface area contributed by atoms with Crippen molar-refractivity contribution in [1.29, 1.82) is 0 Å². The SMILES string of the molecule is CCC(C)C(N)C(=O)NC(C(=O)NC(CS)C(=O)NC(Cc1c[nH]c2ccccc12)C(=O)O)C(C)CC. The summed E-state index contributed by atoms with van der Waals surface area (Å²) in [5.74, 6) is -3.24. The number of carbonyl (C=O) groups excluding carboxylic acids is 3. The van der Waals surface area contributed by atoms with Crippen molar-refractivity contribution in [3.63, 3.8) is 0 Å². The van der Waals surface area contributed by atoms with Gasteiger partial charge in [-0.2, -0.15) is 12.6 Å². The molecule has 0 saturated carbocycles. The van der Waals surface area contributed by atoms with Gasteiger partial charge < -0.3 is 31.8 Å². The van der Waals surface area contributed by atoms with Gasteiger partial charge in [0.1, 0.15) is 18.1 Å². The van der Waals surface area contributed by atoms with Gasteiger partial charge in [-0.15, -0.1) is 0 Å². The topological polar surface area (TPSA) is 166 Å². The Morgan fingerprint density at radius 3 is 2.16 bits per heavy atom. The molecule has 6 atom stereocenters. The summed E-state index contributed by atoms with van der Waals surface area (Å²) >= 11 is 4.19. The van der Waals surface area contributed by atoms with Gasteiger partial charge in [-0.1, -0.05) is 58.7 Å². The van der Waals surface area contributed by atoms with Gasteiger partial charge in [0.15, 0.2) is 0 Å². The van der Waals surface area contributed by atoms with E-state index in [9.17, 15) is 24.3 Å². The molecule has 0 fully saturated rings. The number of aliphatic carboxylic acids is 1. The van der Waals surface area contributed by atoms with Crippen LogP contribution in [0.3, 0.4) is 0 Å². The van der Waals surface area contributed by atoms with Crippen LogP contribution in [0, 0.1) is 11.8 Å². The van der Waals surface area contributed by atoms with E-state index in [0.29, 0.717) is 12.8 Å². The van der Waals surface area contributed by atoms with Crippen molar-refractivity contribution in [1.82, 2.24) is 20.9 Å². The van der Waals surface area contributed by atoms with Crippen LogP contribution in [0.2, 0.25) is 0 Å². The van der Waals surface area contributed by atoms with Gasteiger partial charge in [0.25, 0.3) is 0 Å². The van der Waals surface area contributed by atoms with E-state index < -0.39 is 47.9 Å². The van der Waals surface area contributed by atoms with E-state index in [1.807, 2.05) is 52.0 Å². The zero-order chi connectivity index (χ0) is 27.7. The third-order valence-corrected chi connectivity index (χ3v) is 7.25. The summed E-state index contributed by atoms with van der Waals surface area (Å²) in [6.07, 6.45) is 3.08. The Hall–Kier alpha value is -3.05. The highest BCUT2D eigenvalue weighted by molar-refractivity contribution is 7.80. The fraction of sp³-hybridized carbons (Fsp3) is 0.538. The molecular formula is C26H39N5O5S. The van der Waals surface area contributed by atoms with Crippen LogP contribution >= 0.6 is 12.6 Å². The van der Waals surface area contributed by atoms with E-state index in [1.165, 1.54) is 0 Å². The maximum Gasteiger partial charge on any atom is 0.326 e. The van der Waals surface area contributed by atoms with Crippen LogP contribution in [-0.2, 0) is 25.6 Å². The summed E-state index contributed by atoms with van der Waals surface area (Å²) in [6, 6.07) is 3.46. The molecule has 1 aromatic carbocycles. The molecule has 2 rings (SSSR count). The number of hydrogen-bond acceptors (Lipinski definition) is 6. The van der Waals surface area contributed by atoms with Crippen LogP contribution in [0.15, 0.2) is 30.5 Å². The molecule has 0 saturated heterocycles. The molecular weight excluding hydrogens is 494 g/mol. The third-order valence-electron chi connectivity index (χ3n) is 6.88. The van der Waals surface area contributed by atoms with Crippen molar-refractivity contribution in [3.8, 4) is 0 Å². The molecule has 10 nitrogen and oxygen atoms in total. The molecule has 37 heavy (non-hydrogen) atoms. The Kier molecular flexibility index (Phi) is 11.4. The number of H-pyrrole nitrogens is 1.